The van der Waals surface area contributed by atoms with Crippen molar-refractivity contribution in [3.63, 3.8) is 0 Å². The van der Waals surface area contributed by atoms with Crippen molar-refractivity contribution in [1.82, 2.24) is 0 Å². The first-order valence-corrected chi connectivity index (χ1v) is 5.01. The van der Waals surface area contributed by atoms with Crippen LogP contribution in [-0.4, -0.2) is 14.7 Å². The Morgan fingerprint density at radius 2 is 2.25 bits per heavy atom. The van der Waals surface area contributed by atoms with Crippen LogP contribution < -0.4 is 4.72 Å². The van der Waals surface area contributed by atoms with Crippen molar-refractivity contribution in [1.29, 1.82) is 0 Å². The number of sulfonamides is 1. The average molecular weight is 188 g/mol. The first kappa shape index (κ1) is 8.99. The van der Waals surface area contributed by atoms with Gasteiger partial charge in [0.05, 0.1) is 11.9 Å². The van der Waals surface area contributed by atoms with E-state index in [1.807, 2.05) is 4.72 Å². The molecule has 0 spiro atoms. The third-order valence-corrected chi connectivity index (χ3v) is 1.70. The topological polar surface area (TPSA) is 46.2 Å². The van der Waals surface area contributed by atoms with E-state index in [0.29, 0.717) is 0 Å². The second kappa shape index (κ2) is 3.10. The summed E-state index contributed by atoms with van der Waals surface area (Å²) < 4.78 is 36.1. The van der Waals surface area contributed by atoms with Gasteiger partial charge in [-0.05, 0) is 18.2 Å². The zero-order valence-electron chi connectivity index (χ0n) is 6.33. The molecule has 1 aromatic carbocycles. The lowest BCUT2D eigenvalue weighted by Crippen LogP contribution is -2.10. The molecule has 0 amide bonds. The highest BCUT2D eigenvalue weighted by molar-refractivity contribution is 7.92. The molecule has 3 nitrogen and oxygen atoms in total. The first-order valence-electron chi connectivity index (χ1n) is 3.12. The Morgan fingerprint density at radius 1 is 1.58 bits per heavy atom. The van der Waals surface area contributed by atoms with E-state index in [1.54, 1.807) is 0 Å². The minimum atomic E-state index is -3.40. The van der Waals surface area contributed by atoms with Gasteiger partial charge in [0.15, 0.2) is 0 Å². The first-order chi connectivity index (χ1) is 5.49. The molecule has 1 rings (SSSR count). The smallest absolute Gasteiger partial charge is 0.229 e. The molecule has 1 N–H and O–H groups in total. The number of hydrogen-bond donors (Lipinski definition) is 1. The monoisotopic (exact) mass is 188 g/mol. The second-order valence-corrected chi connectivity index (χ2v) is 4.03. The van der Waals surface area contributed by atoms with Gasteiger partial charge in [0, 0.05) is 0 Å². The third-order valence-electron chi connectivity index (χ3n) is 1.11. The zero-order chi connectivity index (χ0) is 9.19. The van der Waals surface area contributed by atoms with E-state index in [0.717, 1.165) is 12.3 Å². The van der Waals surface area contributed by atoms with Crippen molar-refractivity contribution in [2.45, 2.75) is 0 Å². The number of hydrogen-bond acceptors (Lipinski definition) is 2. The fourth-order valence-electron chi connectivity index (χ4n) is 0.693. The van der Waals surface area contributed by atoms with E-state index >= 15 is 0 Å². The summed E-state index contributed by atoms with van der Waals surface area (Å²) in [5, 5.41) is 0. The molecule has 0 atom stereocenters. The minimum absolute atomic E-state index is 0.0590. The molecule has 0 aliphatic carbocycles. The number of halogens is 1. The van der Waals surface area contributed by atoms with E-state index in [2.05, 4.69) is 6.07 Å². The van der Waals surface area contributed by atoms with Gasteiger partial charge >= 0.3 is 0 Å². The number of nitrogens with one attached hydrogen (secondary N) is 1. The molecule has 12 heavy (non-hydrogen) atoms. The lowest BCUT2D eigenvalue weighted by atomic mass is 10.3. The van der Waals surface area contributed by atoms with Crippen LogP contribution in [-0.2, 0) is 10.0 Å². The van der Waals surface area contributed by atoms with Gasteiger partial charge in [-0.25, -0.2) is 12.8 Å². The maximum Gasteiger partial charge on any atom is 0.229 e. The molecular formula is C7H7FNO2S. The molecule has 5 heteroatoms. The van der Waals surface area contributed by atoms with Crippen LogP contribution in [0.2, 0.25) is 0 Å². The summed E-state index contributed by atoms with van der Waals surface area (Å²) in [6.45, 7) is 0. The molecule has 0 saturated heterocycles. The van der Waals surface area contributed by atoms with Gasteiger partial charge in [-0.3, -0.25) is 4.72 Å². The summed E-state index contributed by atoms with van der Waals surface area (Å²) in [6.07, 6.45) is 0.961. The molecule has 1 radical (unpaired) electrons. The van der Waals surface area contributed by atoms with Crippen molar-refractivity contribution in [3.05, 3.63) is 30.1 Å². The predicted octanol–water partition coefficient (Wildman–Crippen LogP) is 0.997. The van der Waals surface area contributed by atoms with Crippen molar-refractivity contribution >= 4 is 15.7 Å². The summed E-state index contributed by atoms with van der Waals surface area (Å²) in [7, 11) is -3.40. The second-order valence-electron chi connectivity index (χ2n) is 2.28. The zero-order valence-corrected chi connectivity index (χ0v) is 7.15. The highest BCUT2D eigenvalue weighted by Crippen LogP contribution is 2.12. The van der Waals surface area contributed by atoms with Gasteiger partial charge in [0.1, 0.15) is 5.82 Å². The van der Waals surface area contributed by atoms with Crippen molar-refractivity contribution in [2.24, 2.45) is 0 Å². The predicted molar refractivity (Wildman–Crippen MR) is 43.7 cm³/mol. The van der Waals surface area contributed by atoms with E-state index < -0.39 is 15.8 Å². The lowest BCUT2D eigenvalue weighted by Gasteiger charge is -2.03. The van der Waals surface area contributed by atoms with Crippen molar-refractivity contribution in [3.8, 4) is 0 Å². The average Bonchev–Trinajstić information content (AvgIpc) is 1.91. The molecule has 0 saturated carbocycles. The Bertz CT molecular complexity index is 375. The Balaban J connectivity index is 2.98. The van der Waals surface area contributed by atoms with Crippen LogP contribution in [0.25, 0.3) is 0 Å². The maximum atomic E-state index is 12.8. The Hall–Kier alpha value is -1.10. The van der Waals surface area contributed by atoms with Gasteiger partial charge < -0.3 is 0 Å². The molecule has 1 aromatic rings. The van der Waals surface area contributed by atoms with E-state index in [1.165, 1.54) is 12.1 Å². The molecule has 0 aliphatic heterocycles. The fraction of sp³-hybridized carbons (Fsp3) is 0.143. The maximum absolute atomic E-state index is 12.8. The SMILES string of the molecule is CS(=O)(=O)Nc1cc[c]cc1F. The van der Waals surface area contributed by atoms with Crippen LogP contribution in [0.1, 0.15) is 0 Å². The van der Waals surface area contributed by atoms with E-state index in [-0.39, 0.29) is 5.69 Å². The summed E-state index contributed by atoms with van der Waals surface area (Å²) in [4.78, 5) is 0. The van der Waals surface area contributed by atoms with Crippen LogP contribution in [0.5, 0.6) is 0 Å². The fourth-order valence-corrected chi connectivity index (χ4v) is 1.26. The molecule has 0 unspecified atom stereocenters. The Labute approximate surface area is 70.3 Å². The Kier molecular flexibility index (Phi) is 2.32. The van der Waals surface area contributed by atoms with E-state index in [9.17, 15) is 12.8 Å². The van der Waals surface area contributed by atoms with Crippen molar-refractivity contribution in [2.75, 3.05) is 11.0 Å². The van der Waals surface area contributed by atoms with Gasteiger partial charge in [0.2, 0.25) is 10.0 Å². The molecule has 0 bridgehead atoms. The number of rotatable bonds is 2. The highest BCUT2D eigenvalue weighted by Gasteiger charge is 2.05. The van der Waals surface area contributed by atoms with E-state index in [4.69, 9.17) is 0 Å². The van der Waals surface area contributed by atoms with Crippen LogP contribution in [0.4, 0.5) is 10.1 Å². The molecule has 0 heterocycles. The third kappa shape index (κ3) is 2.50. The molecular weight excluding hydrogens is 181 g/mol. The van der Waals surface area contributed by atoms with Gasteiger partial charge in [0.25, 0.3) is 0 Å². The largest absolute Gasteiger partial charge is 0.281 e. The minimum Gasteiger partial charge on any atom is -0.281 e. The van der Waals surface area contributed by atoms with Crippen molar-refractivity contribution < 1.29 is 12.8 Å². The normalized spacial score (nSPS) is 11.2. The van der Waals surface area contributed by atoms with Crippen LogP contribution in [0, 0.1) is 11.9 Å². The molecule has 0 aromatic heterocycles. The lowest BCUT2D eigenvalue weighted by molar-refractivity contribution is 0.603. The Morgan fingerprint density at radius 3 is 2.75 bits per heavy atom. The summed E-state index contributed by atoms with van der Waals surface area (Å²) in [5.41, 5.74) is -0.0590. The van der Waals surface area contributed by atoms with Gasteiger partial charge in [-0.1, -0.05) is 6.07 Å². The summed E-state index contributed by atoms with van der Waals surface area (Å²) in [6, 6.07) is 6.27. The van der Waals surface area contributed by atoms with Crippen LogP contribution in [0.15, 0.2) is 18.2 Å². The van der Waals surface area contributed by atoms with Gasteiger partial charge in [-0.15, -0.1) is 0 Å². The summed E-state index contributed by atoms with van der Waals surface area (Å²) in [5.74, 6) is -0.636. The number of benzene rings is 1. The molecule has 0 fully saturated rings. The standard InChI is InChI=1S/C7H7FNO2S/c1-12(10,11)9-7-5-3-2-4-6(7)8/h3-5,9H,1H3. The van der Waals surface area contributed by atoms with Gasteiger partial charge in [-0.2, -0.15) is 0 Å². The molecule has 0 aliphatic rings. The van der Waals surface area contributed by atoms with Crippen LogP contribution >= 0.6 is 0 Å². The molecule has 65 valence electrons. The summed E-state index contributed by atoms with van der Waals surface area (Å²) >= 11 is 0. The highest BCUT2D eigenvalue weighted by atomic mass is 32.2. The van der Waals surface area contributed by atoms with Crippen LogP contribution in [0.3, 0.4) is 0 Å². The quantitative estimate of drug-likeness (QED) is 0.752. The number of anilines is 1.